The zero-order valence-corrected chi connectivity index (χ0v) is 15.6. The fourth-order valence-corrected chi connectivity index (χ4v) is 3.65. The lowest BCUT2D eigenvalue weighted by atomic mass is 9.75. The molecule has 1 atom stereocenters. The monoisotopic (exact) mass is 370 g/mol. The van der Waals surface area contributed by atoms with Gasteiger partial charge < -0.3 is 10.1 Å². The standard InChI is InChI=1S/C20H22N2O5/c1-11(2)27-20(24)17-12(3)21-15-5-4-6-16(23)19(15)18(17)13-7-9-14(10-8-13)22(25)26/h7-11,18,21H,4-6H2,1-3H3/t18-/m0/s1. The first-order valence-electron chi connectivity index (χ1n) is 8.99. The first-order chi connectivity index (χ1) is 12.8. The largest absolute Gasteiger partial charge is 0.460 e. The van der Waals surface area contributed by atoms with Crippen molar-refractivity contribution < 1.29 is 19.2 Å². The molecular formula is C20H22N2O5. The Bertz CT molecular complexity index is 865. The quantitative estimate of drug-likeness (QED) is 0.495. The molecule has 0 bridgehead atoms. The third-order valence-corrected chi connectivity index (χ3v) is 4.78. The second-order valence-electron chi connectivity index (χ2n) is 7.07. The summed E-state index contributed by atoms with van der Waals surface area (Å²) < 4.78 is 5.41. The Morgan fingerprint density at radius 1 is 1.26 bits per heavy atom. The molecule has 3 rings (SSSR count). The summed E-state index contributed by atoms with van der Waals surface area (Å²) in [4.78, 5) is 36.0. The van der Waals surface area contributed by atoms with E-state index < -0.39 is 16.8 Å². The summed E-state index contributed by atoms with van der Waals surface area (Å²) in [6.07, 6.45) is 1.62. The molecule has 0 radical (unpaired) electrons. The second-order valence-corrected chi connectivity index (χ2v) is 7.07. The Hall–Kier alpha value is -2.96. The highest BCUT2D eigenvalue weighted by molar-refractivity contribution is 6.03. The maximum absolute atomic E-state index is 12.8. The van der Waals surface area contributed by atoms with E-state index in [0.29, 0.717) is 28.8 Å². The summed E-state index contributed by atoms with van der Waals surface area (Å²) in [5.41, 5.74) is 3.05. The van der Waals surface area contributed by atoms with Crippen molar-refractivity contribution in [3.63, 3.8) is 0 Å². The van der Waals surface area contributed by atoms with Crippen molar-refractivity contribution in [2.45, 2.75) is 52.1 Å². The predicted molar refractivity (Wildman–Crippen MR) is 98.8 cm³/mol. The molecule has 1 heterocycles. The molecule has 1 aromatic rings. The lowest BCUT2D eigenvalue weighted by Gasteiger charge is -2.34. The molecule has 0 aromatic heterocycles. The third kappa shape index (κ3) is 3.63. The van der Waals surface area contributed by atoms with Gasteiger partial charge in [-0.15, -0.1) is 0 Å². The van der Waals surface area contributed by atoms with Gasteiger partial charge in [-0.25, -0.2) is 4.79 Å². The zero-order chi connectivity index (χ0) is 19.7. The van der Waals surface area contributed by atoms with Crippen LogP contribution in [0.3, 0.4) is 0 Å². The van der Waals surface area contributed by atoms with Crippen LogP contribution < -0.4 is 5.32 Å². The molecule has 142 valence electrons. The van der Waals surface area contributed by atoms with Gasteiger partial charge in [-0.1, -0.05) is 12.1 Å². The smallest absolute Gasteiger partial charge is 0.337 e. The normalized spacial score (nSPS) is 19.7. The number of nitrogens with one attached hydrogen (secondary N) is 1. The number of rotatable bonds is 4. The molecule has 1 aliphatic carbocycles. The van der Waals surface area contributed by atoms with Gasteiger partial charge in [0.25, 0.3) is 5.69 Å². The van der Waals surface area contributed by atoms with Gasteiger partial charge in [0.05, 0.1) is 16.6 Å². The SMILES string of the molecule is CC1=C(C(=O)OC(C)C)[C@H](c2ccc([N+](=O)[O-])cc2)C2=C(CCCC2=O)N1. The summed E-state index contributed by atoms with van der Waals surface area (Å²) in [5, 5.41) is 14.2. The summed E-state index contributed by atoms with van der Waals surface area (Å²) in [7, 11) is 0. The number of ether oxygens (including phenoxy) is 1. The van der Waals surface area contributed by atoms with E-state index in [1.165, 1.54) is 12.1 Å². The van der Waals surface area contributed by atoms with E-state index in [-0.39, 0.29) is 17.6 Å². The molecule has 0 spiro atoms. The van der Waals surface area contributed by atoms with Gasteiger partial charge in [0.1, 0.15) is 0 Å². The number of benzene rings is 1. The number of hydrogen-bond acceptors (Lipinski definition) is 6. The number of nitro groups is 1. The van der Waals surface area contributed by atoms with E-state index in [9.17, 15) is 19.7 Å². The van der Waals surface area contributed by atoms with Gasteiger partial charge in [0.15, 0.2) is 5.78 Å². The molecule has 1 aromatic carbocycles. The van der Waals surface area contributed by atoms with Crippen LogP contribution in [0.4, 0.5) is 5.69 Å². The van der Waals surface area contributed by atoms with Crippen molar-refractivity contribution in [2.75, 3.05) is 0 Å². The Kier molecular flexibility index (Phi) is 5.12. The van der Waals surface area contributed by atoms with Gasteiger partial charge in [-0.2, -0.15) is 0 Å². The van der Waals surface area contributed by atoms with Crippen molar-refractivity contribution in [2.24, 2.45) is 0 Å². The Balaban J connectivity index is 2.12. The highest BCUT2D eigenvalue weighted by atomic mass is 16.6. The van der Waals surface area contributed by atoms with Crippen LogP contribution in [0.2, 0.25) is 0 Å². The number of allylic oxidation sites excluding steroid dienone is 3. The van der Waals surface area contributed by atoms with E-state index >= 15 is 0 Å². The van der Waals surface area contributed by atoms with Crippen LogP contribution in [0.15, 0.2) is 46.8 Å². The molecule has 1 N–H and O–H groups in total. The van der Waals surface area contributed by atoms with Crippen LogP contribution in [0.25, 0.3) is 0 Å². The van der Waals surface area contributed by atoms with Crippen LogP contribution in [-0.2, 0) is 14.3 Å². The average molecular weight is 370 g/mol. The van der Waals surface area contributed by atoms with Crippen molar-refractivity contribution in [3.05, 3.63) is 62.5 Å². The molecule has 7 nitrogen and oxygen atoms in total. The van der Waals surface area contributed by atoms with Crippen LogP contribution in [-0.4, -0.2) is 22.8 Å². The van der Waals surface area contributed by atoms with Crippen molar-refractivity contribution in [3.8, 4) is 0 Å². The van der Waals surface area contributed by atoms with Gasteiger partial charge in [-0.3, -0.25) is 14.9 Å². The maximum atomic E-state index is 12.8. The highest BCUT2D eigenvalue weighted by Crippen LogP contribution is 2.42. The van der Waals surface area contributed by atoms with Crippen LogP contribution >= 0.6 is 0 Å². The molecule has 2 aliphatic rings. The number of carbonyl (C=O) groups excluding carboxylic acids is 2. The number of ketones is 1. The van der Waals surface area contributed by atoms with Crippen LogP contribution in [0, 0.1) is 10.1 Å². The number of Topliss-reactive ketones (excluding diaryl/α,β-unsaturated/α-hetero) is 1. The first-order valence-corrected chi connectivity index (χ1v) is 8.99. The van der Waals surface area contributed by atoms with Crippen molar-refractivity contribution in [1.82, 2.24) is 5.32 Å². The number of non-ortho nitro benzene ring substituents is 1. The predicted octanol–water partition coefficient (Wildman–Crippen LogP) is 3.51. The van der Waals surface area contributed by atoms with E-state index in [1.54, 1.807) is 32.9 Å². The number of hydrogen-bond donors (Lipinski definition) is 1. The van der Waals surface area contributed by atoms with Gasteiger partial charge >= 0.3 is 5.97 Å². The molecule has 0 saturated carbocycles. The fourth-order valence-electron chi connectivity index (χ4n) is 3.65. The summed E-state index contributed by atoms with van der Waals surface area (Å²) in [6, 6.07) is 6.00. The molecular weight excluding hydrogens is 348 g/mol. The van der Waals surface area contributed by atoms with Gasteiger partial charge in [0, 0.05) is 41.4 Å². The molecule has 0 saturated heterocycles. The lowest BCUT2D eigenvalue weighted by Crippen LogP contribution is -2.34. The van der Waals surface area contributed by atoms with Crippen LogP contribution in [0.5, 0.6) is 0 Å². The number of nitrogens with zero attached hydrogens (tertiary/aromatic N) is 1. The number of dihydropyridines is 1. The van der Waals surface area contributed by atoms with Gasteiger partial charge in [0.2, 0.25) is 0 Å². The highest BCUT2D eigenvalue weighted by Gasteiger charge is 2.39. The average Bonchev–Trinajstić information content (AvgIpc) is 2.60. The Morgan fingerprint density at radius 3 is 2.52 bits per heavy atom. The number of carbonyl (C=O) groups is 2. The molecule has 27 heavy (non-hydrogen) atoms. The van der Waals surface area contributed by atoms with Crippen molar-refractivity contribution in [1.29, 1.82) is 0 Å². The maximum Gasteiger partial charge on any atom is 0.337 e. The summed E-state index contributed by atoms with van der Waals surface area (Å²) in [6.45, 7) is 5.32. The number of esters is 1. The lowest BCUT2D eigenvalue weighted by molar-refractivity contribution is -0.384. The minimum absolute atomic E-state index is 0.00514. The minimum atomic E-state index is -0.582. The van der Waals surface area contributed by atoms with E-state index in [1.807, 2.05) is 0 Å². The Morgan fingerprint density at radius 2 is 1.93 bits per heavy atom. The summed E-state index contributed by atoms with van der Waals surface area (Å²) >= 11 is 0. The molecule has 7 heteroatoms. The minimum Gasteiger partial charge on any atom is -0.460 e. The van der Waals surface area contributed by atoms with Crippen molar-refractivity contribution >= 4 is 17.4 Å². The van der Waals surface area contributed by atoms with Gasteiger partial charge in [-0.05, 0) is 39.2 Å². The fraction of sp³-hybridized carbons (Fsp3) is 0.400. The molecule has 1 aliphatic heterocycles. The molecule has 0 amide bonds. The van der Waals surface area contributed by atoms with E-state index in [0.717, 1.165) is 18.5 Å². The first kappa shape index (κ1) is 18.8. The summed E-state index contributed by atoms with van der Waals surface area (Å²) in [5.74, 6) is -1.07. The zero-order valence-electron chi connectivity index (χ0n) is 15.6. The topological polar surface area (TPSA) is 98.5 Å². The third-order valence-electron chi connectivity index (χ3n) is 4.78. The van der Waals surface area contributed by atoms with Crippen LogP contribution in [0.1, 0.15) is 51.5 Å². The Labute approximate surface area is 157 Å². The molecule has 0 unspecified atom stereocenters. The number of nitro benzene ring substituents is 1. The van der Waals surface area contributed by atoms with E-state index in [2.05, 4.69) is 5.32 Å². The molecule has 0 fully saturated rings. The van der Waals surface area contributed by atoms with E-state index in [4.69, 9.17) is 4.74 Å². The second kappa shape index (κ2) is 7.34.